The van der Waals surface area contributed by atoms with Gasteiger partial charge in [-0.3, -0.25) is 9.97 Å². The summed E-state index contributed by atoms with van der Waals surface area (Å²) in [6.07, 6.45) is 8.50. The number of fused-ring (bicyclic) bond motifs is 1. The van der Waals surface area contributed by atoms with E-state index in [9.17, 15) is 0 Å². The minimum absolute atomic E-state index is 0. The fourth-order valence-corrected chi connectivity index (χ4v) is 3.90. The second-order valence-corrected chi connectivity index (χ2v) is 7.29. The molecule has 0 atom stereocenters. The summed E-state index contributed by atoms with van der Waals surface area (Å²) in [6.45, 7) is 2.90. The molecule has 2 fully saturated rings. The second-order valence-electron chi connectivity index (χ2n) is 7.29. The normalized spacial score (nSPS) is 17.7. The summed E-state index contributed by atoms with van der Waals surface area (Å²) >= 11 is 0. The smallest absolute Gasteiger partial charge is 0.170 e. The van der Waals surface area contributed by atoms with Gasteiger partial charge in [0.25, 0.3) is 0 Å². The number of benzene rings is 1. The summed E-state index contributed by atoms with van der Waals surface area (Å²) in [4.78, 5) is 11.1. The van der Waals surface area contributed by atoms with Crippen LogP contribution in [0.2, 0.25) is 0 Å². The van der Waals surface area contributed by atoms with E-state index in [0.29, 0.717) is 5.82 Å². The first-order valence-corrected chi connectivity index (χ1v) is 9.02. The number of hydrogen-bond donors (Lipinski definition) is 2. The SMILES string of the molecule is Cl.Nc1nncc(Cc2ccc3nccnc3c2)c1N1CCNC2(CC2)C1. The van der Waals surface area contributed by atoms with E-state index in [1.165, 1.54) is 18.4 Å². The van der Waals surface area contributed by atoms with Gasteiger partial charge >= 0.3 is 0 Å². The van der Waals surface area contributed by atoms with Crippen molar-refractivity contribution in [2.75, 3.05) is 30.3 Å². The quantitative estimate of drug-likeness (QED) is 0.714. The Kier molecular flexibility index (Phi) is 4.57. The van der Waals surface area contributed by atoms with Gasteiger partial charge in [0, 0.05) is 49.6 Å². The van der Waals surface area contributed by atoms with E-state index in [0.717, 1.165) is 48.3 Å². The number of nitrogens with zero attached hydrogens (tertiary/aromatic N) is 5. The molecule has 27 heavy (non-hydrogen) atoms. The number of nitrogens with two attached hydrogens (primary N) is 1. The summed E-state index contributed by atoms with van der Waals surface area (Å²) in [6, 6.07) is 6.19. The van der Waals surface area contributed by atoms with E-state index in [-0.39, 0.29) is 17.9 Å². The minimum Gasteiger partial charge on any atom is -0.380 e. The molecule has 0 bridgehead atoms. The predicted molar refractivity (Wildman–Crippen MR) is 108 cm³/mol. The topological polar surface area (TPSA) is 92.8 Å². The molecule has 140 valence electrons. The monoisotopic (exact) mass is 383 g/mol. The van der Waals surface area contributed by atoms with Crippen molar-refractivity contribution in [2.45, 2.75) is 24.8 Å². The lowest BCUT2D eigenvalue weighted by Gasteiger charge is -2.36. The molecule has 7 nitrogen and oxygen atoms in total. The Labute approximate surface area is 163 Å². The zero-order chi connectivity index (χ0) is 17.6. The van der Waals surface area contributed by atoms with Crippen LogP contribution in [0.25, 0.3) is 11.0 Å². The third kappa shape index (κ3) is 3.40. The highest BCUT2D eigenvalue weighted by Gasteiger charge is 2.46. The molecule has 1 saturated carbocycles. The Bertz CT molecular complexity index is 973. The summed E-state index contributed by atoms with van der Waals surface area (Å²) in [7, 11) is 0. The van der Waals surface area contributed by atoms with Crippen LogP contribution in [0.15, 0.2) is 36.8 Å². The van der Waals surface area contributed by atoms with Crippen LogP contribution >= 0.6 is 12.4 Å². The molecule has 3 aromatic rings. The number of piperazine rings is 1. The van der Waals surface area contributed by atoms with Crippen molar-refractivity contribution in [3.8, 4) is 0 Å². The maximum atomic E-state index is 6.25. The second kappa shape index (κ2) is 6.90. The lowest BCUT2D eigenvalue weighted by Crippen LogP contribution is -2.53. The van der Waals surface area contributed by atoms with Crippen molar-refractivity contribution in [3.05, 3.63) is 47.9 Å². The van der Waals surface area contributed by atoms with E-state index >= 15 is 0 Å². The summed E-state index contributed by atoms with van der Waals surface area (Å²) in [5.41, 5.74) is 11.6. The van der Waals surface area contributed by atoms with Crippen LogP contribution in [0.3, 0.4) is 0 Å². The van der Waals surface area contributed by atoms with Crippen LogP contribution in [0, 0.1) is 0 Å². The molecule has 1 aliphatic carbocycles. The molecule has 0 unspecified atom stereocenters. The van der Waals surface area contributed by atoms with E-state index < -0.39 is 0 Å². The van der Waals surface area contributed by atoms with E-state index in [4.69, 9.17) is 5.73 Å². The minimum atomic E-state index is 0. The average Bonchev–Trinajstić information content (AvgIpc) is 3.40. The van der Waals surface area contributed by atoms with Gasteiger partial charge in [-0.1, -0.05) is 6.07 Å². The highest BCUT2D eigenvalue weighted by Crippen LogP contribution is 2.40. The molecule has 1 spiro atoms. The van der Waals surface area contributed by atoms with Crippen molar-refractivity contribution in [2.24, 2.45) is 0 Å². The number of anilines is 2. The Balaban J connectivity index is 0.00000180. The first-order valence-electron chi connectivity index (χ1n) is 9.02. The standard InChI is InChI=1S/C19H21N7.ClH/c20-18-17(26-8-7-23-19(12-26)3-4-19)14(11-24-25-18)9-13-1-2-15-16(10-13)22-6-5-21-15;/h1-2,5-6,10-11,23H,3-4,7-9,12H2,(H2,20,25);1H. The molecule has 5 rings (SSSR count). The van der Waals surface area contributed by atoms with Crippen molar-refractivity contribution in [1.29, 1.82) is 0 Å². The van der Waals surface area contributed by atoms with Gasteiger partial charge in [0.05, 0.1) is 22.9 Å². The van der Waals surface area contributed by atoms with Crippen LogP contribution < -0.4 is 16.0 Å². The first kappa shape index (κ1) is 17.9. The highest BCUT2D eigenvalue weighted by molar-refractivity contribution is 5.85. The molecular formula is C19H22ClN7. The summed E-state index contributed by atoms with van der Waals surface area (Å²) < 4.78 is 0. The van der Waals surface area contributed by atoms with Gasteiger partial charge in [0.2, 0.25) is 0 Å². The first-order chi connectivity index (χ1) is 12.7. The fraction of sp³-hybridized carbons (Fsp3) is 0.368. The molecule has 3 heterocycles. The fourth-order valence-electron chi connectivity index (χ4n) is 3.90. The molecule has 1 aromatic carbocycles. The van der Waals surface area contributed by atoms with Gasteiger partial charge < -0.3 is 16.0 Å². The lowest BCUT2D eigenvalue weighted by molar-refractivity contribution is 0.442. The van der Waals surface area contributed by atoms with Crippen molar-refractivity contribution in [1.82, 2.24) is 25.5 Å². The van der Waals surface area contributed by atoms with Gasteiger partial charge in [-0.2, -0.15) is 5.10 Å². The third-order valence-corrected chi connectivity index (χ3v) is 5.40. The maximum absolute atomic E-state index is 6.25. The Morgan fingerprint density at radius 1 is 1.15 bits per heavy atom. The van der Waals surface area contributed by atoms with E-state index in [2.05, 4.69) is 42.5 Å². The number of rotatable bonds is 3. The van der Waals surface area contributed by atoms with Crippen LogP contribution in [-0.2, 0) is 6.42 Å². The van der Waals surface area contributed by atoms with Gasteiger partial charge in [0.1, 0.15) is 0 Å². The largest absolute Gasteiger partial charge is 0.380 e. The number of nitrogens with one attached hydrogen (secondary N) is 1. The van der Waals surface area contributed by atoms with E-state index in [1.807, 2.05) is 12.3 Å². The molecule has 1 saturated heterocycles. The molecule has 2 aromatic heterocycles. The number of nitrogen functional groups attached to an aromatic ring is 1. The van der Waals surface area contributed by atoms with Gasteiger partial charge in [-0.15, -0.1) is 17.5 Å². The van der Waals surface area contributed by atoms with Crippen LogP contribution in [0.4, 0.5) is 11.5 Å². The molecule has 0 radical (unpaired) electrons. The van der Waals surface area contributed by atoms with Crippen LogP contribution in [-0.4, -0.2) is 45.3 Å². The van der Waals surface area contributed by atoms with Crippen LogP contribution in [0.5, 0.6) is 0 Å². The summed E-state index contributed by atoms with van der Waals surface area (Å²) in [5, 5.41) is 11.9. The van der Waals surface area contributed by atoms with Gasteiger partial charge in [-0.05, 0) is 30.5 Å². The lowest BCUT2D eigenvalue weighted by atomic mass is 10.0. The highest BCUT2D eigenvalue weighted by atomic mass is 35.5. The zero-order valence-electron chi connectivity index (χ0n) is 14.9. The van der Waals surface area contributed by atoms with Gasteiger partial charge in [-0.25, -0.2) is 0 Å². The van der Waals surface area contributed by atoms with E-state index in [1.54, 1.807) is 12.4 Å². The van der Waals surface area contributed by atoms with Gasteiger partial charge in [0.15, 0.2) is 5.82 Å². The molecule has 3 N–H and O–H groups in total. The average molecular weight is 384 g/mol. The predicted octanol–water partition coefficient (Wildman–Crippen LogP) is 1.96. The number of hydrogen-bond acceptors (Lipinski definition) is 7. The van der Waals surface area contributed by atoms with Crippen LogP contribution in [0.1, 0.15) is 24.0 Å². The number of halogens is 1. The third-order valence-electron chi connectivity index (χ3n) is 5.40. The Morgan fingerprint density at radius 2 is 1.96 bits per heavy atom. The van der Waals surface area contributed by atoms with Crippen molar-refractivity contribution >= 4 is 34.9 Å². The summed E-state index contributed by atoms with van der Waals surface area (Å²) in [5.74, 6) is 0.515. The van der Waals surface area contributed by atoms with Crippen molar-refractivity contribution in [3.63, 3.8) is 0 Å². The Morgan fingerprint density at radius 3 is 2.78 bits per heavy atom. The number of aromatic nitrogens is 4. The molecular weight excluding hydrogens is 362 g/mol. The molecule has 8 heteroatoms. The molecule has 1 aliphatic heterocycles. The van der Waals surface area contributed by atoms with Crippen molar-refractivity contribution < 1.29 is 0 Å². The zero-order valence-corrected chi connectivity index (χ0v) is 15.7. The maximum Gasteiger partial charge on any atom is 0.170 e. The molecule has 2 aliphatic rings. The molecule has 0 amide bonds. The Hall–Kier alpha value is -2.51.